The van der Waals surface area contributed by atoms with Crippen molar-refractivity contribution in [2.24, 2.45) is 0 Å². The van der Waals surface area contributed by atoms with Gasteiger partial charge in [-0.3, -0.25) is 4.40 Å². The molecule has 0 unspecified atom stereocenters. The van der Waals surface area contributed by atoms with Crippen molar-refractivity contribution in [1.82, 2.24) is 14.4 Å². The second kappa shape index (κ2) is 2.73. The zero-order valence-electron chi connectivity index (χ0n) is 7.73. The van der Waals surface area contributed by atoms with Crippen molar-refractivity contribution in [3.8, 4) is 0 Å². The number of aromatic nitrogens is 3. The third-order valence-corrected chi connectivity index (χ3v) is 1.95. The molecular formula is C9H12N4. The first kappa shape index (κ1) is 8.04. The highest BCUT2D eigenvalue weighted by Gasteiger charge is 2.07. The molecule has 0 fully saturated rings. The largest absolute Gasteiger partial charge is 0.384 e. The molecule has 0 saturated heterocycles. The van der Waals surface area contributed by atoms with E-state index in [0.29, 0.717) is 11.7 Å². The van der Waals surface area contributed by atoms with Crippen LogP contribution in [0.3, 0.4) is 0 Å². The first-order valence-corrected chi connectivity index (χ1v) is 4.28. The average molecular weight is 176 g/mol. The molecule has 2 heterocycles. The molecule has 0 radical (unpaired) electrons. The fraction of sp³-hybridized carbons (Fsp3) is 0.333. The van der Waals surface area contributed by atoms with E-state index in [1.54, 1.807) is 12.3 Å². The summed E-state index contributed by atoms with van der Waals surface area (Å²) < 4.78 is 1.96. The number of nitrogens with two attached hydrogens (primary N) is 1. The molecule has 0 bridgehead atoms. The van der Waals surface area contributed by atoms with Crippen LogP contribution in [0.1, 0.15) is 25.6 Å². The zero-order valence-corrected chi connectivity index (χ0v) is 7.73. The molecule has 2 rings (SSSR count). The first-order valence-electron chi connectivity index (χ1n) is 4.28. The summed E-state index contributed by atoms with van der Waals surface area (Å²) in [5.74, 6) is 1.83. The predicted octanol–water partition coefficient (Wildman–Crippen LogP) is 1.43. The Bertz CT molecular complexity index is 430. The van der Waals surface area contributed by atoms with Gasteiger partial charge in [0.25, 0.3) is 0 Å². The van der Waals surface area contributed by atoms with Crippen LogP contribution in [0.15, 0.2) is 18.5 Å². The first-order chi connectivity index (χ1) is 6.18. The summed E-state index contributed by atoms with van der Waals surface area (Å²) in [6.07, 6.45) is 3.65. The molecule has 2 N–H and O–H groups in total. The van der Waals surface area contributed by atoms with Gasteiger partial charge in [0.1, 0.15) is 17.3 Å². The third-order valence-electron chi connectivity index (χ3n) is 1.95. The Balaban J connectivity index is 2.77. The van der Waals surface area contributed by atoms with Crippen LogP contribution in [0.25, 0.3) is 5.65 Å². The number of imidazole rings is 1. The van der Waals surface area contributed by atoms with Crippen molar-refractivity contribution >= 4 is 11.5 Å². The van der Waals surface area contributed by atoms with Crippen LogP contribution in [0.4, 0.5) is 5.82 Å². The number of rotatable bonds is 1. The molecule has 4 heteroatoms. The maximum absolute atomic E-state index is 5.66. The highest BCUT2D eigenvalue weighted by Crippen LogP contribution is 2.15. The molecule has 2 aromatic heterocycles. The summed E-state index contributed by atoms with van der Waals surface area (Å²) in [5, 5.41) is 0. The maximum Gasteiger partial charge on any atom is 0.141 e. The summed E-state index contributed by atoms with van der Waals surface area (Å²) in [6.45, 7) is 4.17. The van der Waals surface area contributed by atoms with Gasteiger partial charge in [-0.05, 0) is 0 Å². The Hall–Kier alpha value is -1.58. The summed E-state index contributed by atoms with van der Waals surface area (Å²) in [5.41, 5.74) is 6.51. The highest BCUT2D eigenvalue weighted by atomic mass is 15.1. The molecular weight excluding hydrogens is 164 g/mol. The SMILES string of the molecule is CC(C)c1nc(N)cc2nccn12. The number of nitrogen functional groups attached to an aromatic ring is 1. The van der Waals surface area contributed by atoms with Gasteiger partial charge in [-0.2, -0.15) is 0 Å². The van der Waals surface area contributed by atoms with E-state index >= 15 is 0 Å². The van der Waals surface area contributed by atoms with Gasteiger partial charge < -0.3 is 5.73 Å². The van der Waals surface area contributed by atoms with Gasteiger partial charge >= 0.3 is 0 Å². The minimum atomic E-state index is 0.347. The van der Waals surface area contributed by atoms with Crippen molar-refractivity contribution in [3.63, 3.8) is 0 Å². The Morgan fingerprint density at radius 1 is 1.46 bits per heavy atom. The van der Waals surface area contributed by atoms with E-state index in [4.69, 9.17) is 5.73 Å². The van der Waals surface area contributed by atoms with Gasteiger partial charge in [0.05, 0.1) is 0 Å². The second-order valence-corrected chi connectivity index (χ2v) is 3.35. The lowest BCUT2D eigenvalue weighted by Crippen LogP contribution is -2.04. The highest BCUT2D eigenvalue weighted by molar-refractivity contribution is 5.48. The number of hydrogen-bond donors (Lipinski definition) is 1. The Labute approximate surface area is 76.4 Å². The van der Waals surface area contributed by atoms with Crippen molar-refractivity contribution in [2.75, 3.05) is 5.73 Å². The molecule has 4 nitrogen and oxygen atoms in total. The topological polar surface area (TPSA) is 56.2 Å². The summed E-state index contributed by atoms with van der Waals surface area (Å²) >= 11 is 0. The number of fused-ring (bicyclic) bond motifs is 1. The van der Waals surface area contributed by atoms with Crippen LogP contribution >= 0.6 is 0 Å². The van der Waals surface area contributed by atoms with Crippen LogP contribution in [-0.2, 0) is 0 Å². The van der Waals surface area contributed by atoms with Gasteiger partial charge in [-0.15, -0.1) is 0 Å². The van der Waals surface area contributed by atoms with E-state index in [2.05, 4.69) is 23.8 Å². The normalized spacial score (nSPS) is 11.3. The summed E-state index contributed by atoms with van der Waals surface area (Å²) in [4.78, 5) is 8.44. The van der Waals surface area contributed by atoms with E-state index in [1.165, 1.54) is 0 Å². The molecule has 0 spiro atoms. The lowest BCUT2D eigenvalue weighted by Gasteiger charge is -2.08. The van der Waals surface area contributed by atoms with Crippen LogP contribution < -0.4 is 5.73 Å². The van der Waals surface area contributed by atoms with E-state index in [0.717, 1.165) is 11.5 Å². The average Bonchev–Trinajstić information content (AvgIpc) is 2.49. The molecule has 0 aromatic carbocycles. The van der Waals surface area contributed by atoms with Gasteiger partial charge in [0, 0.05) is 24.4 Å². The second-order valence-electron chi connectivity index (χ2n) is 3.35. The Morgan fingerprint density at radius 3 is 2.92 bits per heavy atom. The molecule has 0 aliphatic heterocycles. The molecule has 0 amide bonds. The fourth-order valence-corrected chi connectivity index (χ4v) is 1.37. The molecule has 0 aliphatic rings. The fourth-order valence-electron chi connectivity index (χ4n) is 1.37. The van der Waals surface area contributed by atoms with Crippen LogP contribution in [0.5, 0.6) is 0 Å². The van der Waals surface area contributed by atoms with Crippen molar-refractivity contribution in [3.05, 3.63) is 24.3 Å². The van der Waals surface area contributed by atoms with Crippen molar-refractivity contribution in [2.45, 2.75) is 19.8 Å². The molecule has 0 aliphatic carbocycles. The van der Waals surface area contributed by atoms with Crippen LogP contribution in [-0.4, -0.2) is 14.4 Å². The minimum absolute atomic E-state index is 0.347. The van der Waals surface area contributed by atoms with Gasteiger partial charge in [0.15, 0.2) is 0 Å². The monoisotopic (exact) mass is 176 g/mol. The van der Waals surface area contributed by atoms with E-state index in [-0.39, 0.29) is 0 Å². The number of anilines is 1. The molecule has 68 valence electrons. The molecule has 0 saturated carbocycles. The summed E-state index contributed by atoms with van der Waals surface area (Å²) in [7, 11) is 0. The Kier molecular flexibility index (Phi) is 1.69. The van der Waals surface area contributed by atoms with Gasteiger partial charge in [-0.1, -0.05) is 13.8 Å². The zero-order chi connectivity index (χ0) is 9.42. The molecule has 0 atom stereocenters. The van der Waals surface area contributed by atoms with Crippen LogP contribution in [0, 0.1) is 0 Å². The van der Waals surface area contributed by atoms with E-state index < -0.39 is 0 Å². The van der Waals surface area contributed by atoms with Gasteiger partial charge in [-0.25, -0.2) is 9.97 Å². The lowest BCUT2D eigenvalue weighted by molar-refractivity contribution is 0.755. The van der Waals surface area contributed by atoms with E-state index in [9.17, 15) is 0 Å². The quantitative estimate of drug-likeness (QED) is 0.715. The van der Waals surface area contributed by atoms with Gasteiger partial charge in [0.2, 0.25) is 0 Å². The third kappa shape index (κ3) is 1.24. The van der Waals surface area contributed by atoms with Crippen molar-refractivity contribution in [1.29, 1.82) is 0 Å². The molecule has 13 heavy (non-hydrogen) atoms. The standard InChI is InChI=1S/C9H12N4/c1-6(2)9-12-7(10)5-8-11-3-4-13(8)9/h3-6H,10H2,1-2H3. The van der Waals surface area contributed by atoms with Crippen LogP contribution in [0.2, 0.25) is 0 Å². The summed E-state index contributed by atoms with van der Waals surface area (Å²) in [6, 6.07) is 1.77. The lowest BCUT2D eigenvalue weighted by atomic mass is 10.2. The predicted molar refractivity (Wildman–Crippen MR) is 51.5 cm³/mol. The molecule has 2 aromatic rings. The minimum Gasteiger partial charge on any atom is -0.384 e. The maximum atomic E-state index is 5.66. The smallest absolute Gasteiger partial charge is 0.141 e. The van der Waals surface area contributed by atoms with Crippen molar-refractivity contribution < 1.29 is 0 Å². The van der Waals surface area contributed by atoms with E-state index in [1.807, 2.05) is 10.6 Å². The Morgan fingerprint density at radius 2 is 2.23 bits per heavy atom. The number of hydrogen-bond acceptors (Lipinski definition) is 3. The number of nitrogens with zero attached hydrogens (tertiary/aromatic N) is 3.